The molecular weight excluding hydrogens is 448 g/mol. The average Bonchev–Trinajstić information content (AvgIpc) is 2.81. The van der Waals surface area contributed by atoms with Crippen LogP contribution >= 0.6 is 11.6 Å². The van der Waals surface area contributed by atoms with Gasteiger partial charge in [0, 0.05) is 35.0 Å². The van der Waals surface area contributed by atoms with Crippen LogP contribution < -0.4 is 5.32 Å². The number of aliphatic carboxylic acids is 1. The number of rotatable bonds is 6. The lowest BCUT2D eigenvalue weighted by atomic mass is 9.71. The minimum atomic E-state index is -0.714. The monoisotopic (exact) mass is 484 g/mol. The van der Waals surface area contributed by atoms with Crippen LogP contribution in [0, 0.1) is 23.2 Å². The summed E-state index contributed by atoms with van der Waals surface area (Å²) in [5.74, 6) is 0.834. The lowest BCUT2D eigenvalue weighted by Crippen LogP contribution is -2.31. The molecule has 0 radical (unpaired) electrons. The molecule has 2 aliphatic carbocycles. The van der Waals surface area contributed by atoms with Crippen LogP contribution in [0.4, 0.5) is 5.82 Å². The largest absolute Gasteiger partial charge is 0.481 e. The Morgan fingerprint density at radius 3 is 2.35 bits per heavy atom. The summed E-state index contributed by atoms with van der Waals surface area (Å²) < 4.78 is 0. The molecule has 0 aliphatic heterocycles. The molecule has 5 nitrogen and oxygen atoms in total. The highest BCUT2D eigenvalue weighted by Crippen LogP contribution is 2.39. The number of carboxylic acid groups (broad SMARTS) is 1. The highest BCUT2D eigenvalue weighted by molar-refractivity contribution is 6.38. The molecule has 2 aliphatic rings. The van der Waals surface area contributed by atoms with Crippen molar-refractivity contribution < 1.29 is 14.7 Å². The van der Waals surface area contributed by atoms with Crippen molar-refractivity contribution in [2.24, 2.45) is 23.2 Å². The van der Waals surface area contributed by atoms with Crippen molar-refractivity contribution in [2.45, 2.75) is 84.6 Å². The van der Waals surface area contributed by atoms with Gasteiger partial charge in [0.05, 0.1) is 10.9 Å². The van der Waals surface area contributed by atoms with Crippen molar-refractivity contribution in [3.63, 3.8) is 0 Å². The zero-order valence-corrected chi connectivity index (χ0v) is 21.3. The molecule has 0 spiro atoms. The van der Waals surface area contributed by atoms with Gasteiger partial charge in [-0.05, 0) is 74.7 Å². The third kappa shape index (κ3) is 5.73. The third-order valence-electron chi connectivity index (χ3n) is 8.12. The van der Waals surface area contributed by atoms with Crippen molar-refractivity contribution in [1.82, 2.24) is 4.98 Å². The maximum absolute atomic E-state index is 13.0. The molecule has 0 unspecified atom stereocenters. The fraction of sp³-hybridized carbons (Fsp3) is 0.607. The fourth-order valence-electron chi connectivity index (χ4n) is 5.74. The summed E-state index contributed by atoms with van der Waals surface area (Å²) in [6, 6.07) is 6.03. The van der Waals surface area contributed by atoms with E-state index in [1.54, 1.807) is 0 Å². The second-order valence-corrected chi connectivity index (χ2v) is 11.8. The standard InChI is InChI=1S/C28H37ClN2O3/c1-28(2,3)21-10-12-22(13-11-21)31-26-25(29)23-15-19(8-9-20(23)16-30-26)24(32)14-17-4-6-18(7-5-17)27(33)34/h8-9,15-18,21-22H,4-7,10-14H2,1-3H3,(H,30,31)(H,33,34). The summed E-state index contributed by atoms with van der Waals surface area (Å²) in [5, 5.41) is 15.1. The third-order valence-corrected chi connectivity index (χ3v) is 8.50. The number of fused-ring (bicyclic) bond motifs is 1. The van der Waals surface area contributed by atoms with Gasteiger partial charge in [-0.3, -0.25) is 9.59 Å². The molecule has 2 fully saturated rings. The zero-order valence-electron chi connectivity index (χ0n) is 20.6. The van der Waals surface area contributed by atoms with Gasteiger partial charge < -0.3 is 10.4 Å². The number of carbonyl (C=O) groups is 2. The molecule has 1 aromatic carbocycles. The van der Waals surface area contributed by atoms with E-state index in [0.717, 1.165) is 42.4 Å². The maximum atomic E-state index is 13.0. The summed E-state index contributed by atoms with van der Waals surface area (Å²) >= 11 is 6.78. The smallest absolute Gasteiger partial charge is 0.306 e. The second kappa shape index (κ2) is 10.2. The number of ketones is 1. The fourth-order valence-corrected chi connectivity index (χ4v) is 6.01. The number of nitrogens with one attached hydrogen (secondary N) is 1. The topological polar surface area (TPSA) is 79.3 Å². The molecule has 2 N–H and O–H groups in total. The van der Waals surface area contributed by atoms with Crippen LogP contribution in [0.1, 0.15) is 88.9 Å². The first-order valence-electron chi connectivity index (χ1n) is 12.7. The van der Waals surface area contributed by atoms with Gasteiger partial charge in [-0.2, -0.15) is 0 Å². The number of carbonyl (C=O) groups excluding carboxylic acids is 1. The summed E-state index contributed by atoms with van der Waals surface area (Å²) in [6.45, 7) is 6.98. The molecule has 1 aromatic heterocycles. The number of benzene rings is 1. The number of hydrogen-bond acceptors (Lipinski definition) is 4. The molecule has 2 saturated carbocycles. The molecule has 0 amide bonds. The molecule has 2 aromatic rings. The number of Topliss-reactive ketones (excluding diaryl/α,β-unsaturated/α-hetero) is 1. The molecule has 0 atom stereocenters. The number of anilines is 1. The number of aromatic nitrogens is 1. The molecule has 6 heteroatoms. The number of halogens is 1. The SMILES string of the molecule is CC(C)(C)C1CCC(Nc2ncc3ccc(C(=O)CC4CCC(C(=O)O)CC4)cc3c2Cl)CC1. The Kier molecular flexibility index (Phi) is 7.51. The summed E-state index contributed by atoms with van der Waals surface area (Å²) in [7, 11) is 0. The summed E-state index contributed by atoms with van der Waals surface area (Å²) in [4.78, 5) is 28.8. The molecule has 184 valence electrons. The van der Waals surface area contributed by atoms with Crippen LogP contribution in [0.5, 0.6) is 0 Å². The van der Waals surface area contributed by atoms with Gasteiger partial charge in [0.25, 0.3) is 0 Å². The van der Waals surface area contributed by atoms with Gasteiger partial charge >= 0.3 is 5.97 Å². The van der Waals surface area contributed by atoms with Gasteiger partial charge in [-0.25, -0.2) is 4.98 Å². The molecule has 0 bridgehead atoms. The van der Waals surface area contributed by atoms with Gasteiger partial charge in [-0.1, -0.05) is 44.5 Å². The first-order chi connectivity index (χ1) is 16.1. The van der Waals surface area contributed by atoms with E-state index in [1.807, 2.05) is 24.4 Å². The highest BCUT2D eigenvalue weighted by Gasteiger charge is 2.30. The van der Waals surface area contributed by atoms with Crippen LogP contribution in [0.25, 0.3) is 10.8 Å². The quantitative estimate of drug-likeness (QED) is 0.418. The lowest BCUT2D eigenvalue weighted by molar-refractivity contribution is -0.143. The van der Waals surface area contributed by atoms with Gasteiger partial charge in [0.2, 0.25) is 0 Å². The summed E-state index contributed by atoms with van der Waals surface area (Å²) in [5.41, 5.74) is 1.01. The van der Waals surface area contributed by atoms with Crippen molar-refractivity contribution in [1.29, 1.82) is 0 Å². The molecule has 34 heavy (non-hydrogen) atoms. The highest BCUT2D eigenvalue weighted by atomic mass is 35.5. The van der Waals surface area contributed by atoms with E-state index >= 15 is 0 Å². The summed E-state index contributed by atoms with van der Waals surface area (Å²) in [6.07, 6.45) is 9.85. The van der Waals surface area contributed by atoms with Crippen LogP contribution in [0.15, 0.2) is 24.4 Å². The van der Waals surface area contributed by atoms with Gasteiger partial charge in [-0.15, -0.1) is 0 Å². The van der Waals surface area contributed by atoms with Gasteiger partial charge in [0.15, 0.2) is 5.78 Å². The van der Waals surface area contributed by atoms with Crippen molar-refractivity contribution in [2.75, 3.05) is 5.32 Å². The van der Waals surface area contributed by atoms with Crippen LogP contribution in [-0.2, 0) is 4.79 Å². The molecule has 0 saturated heterocycles. The average molecular weight is 485 g/mol. The Bertz CT molecular complexity index is 1050. The van der Waals surface area contributed by atoms with E-state index in [9.17, 15) is 14.7 Å². The van der Waals surface area contributed by atoms with E-state index in [4.69, 9.17) is 11.6 Å². The molecule has 4 rings (SSSR count). The Morgan fingerprint density at radius 2 is 1.74 bits per heavy atom. The van der Waals surface area contributed by atoms with E-state index in [1.165, 1.54) is 12.8 Å². The zero-order chi connectivity index (χ0) is 24.5. The van der Waals surface area contributed by atoms with Gasteiger partial charge in [0.1, 0.15) is 5.82 Å². The predicted molar refractivity (Wildman–Crippen MR) is 138 cm³/mol. The lowest BCUT2D eigenvalue weighted by Gasteiger charge is -2.37. The minimum absolute atomic E-state index is 0.101. The first kappa shape index (κ1) is 25.0. The van der Waals surface area contributed by atoms with E-state index in [2.05, 4.69) is 31.1 Å². The minimum Gasteiger partial charge on any atom is -0.481 e. The Balaban J connectivity index is 1.42. The Hall–Kier alpha value is -2.14. The van der Waals surface area contributed by atoms with E-state index in [-0.39, 0.29) is 17.6 Å². The Labute approximate surface area is 207 Å². The number of carboxylic acids is 1. The van der Waals surface area contributed by atoms with Crippen molar-refractivity contribution in [3.8, 4) is 0 Å². The maximum Gasteiger partial charge on any atom is 0.306 e. The van der Waals surface area contributed by atoms with E-state index in [0.29, 0.717) is 47.1 Å². The van der Waals surface area contributed by atoms with Crippen molar-refractivity contribution in [3.05, 3.63) is 35.0 Å². The van der Waals surface area contributed by atoms with Crippen LogP contribution in [-0.4, -0.2) is 27.9 Å². The van der Waals surface area contributed by atoms with Crippen LogP contribution in [0.2, 0.25) is 5.02 Å². The molecular formula is C28H37ClN2O3. The Morgan fingerprint density at radius 1 is 1.06 bits per heavy atom. The first-order valence-corrected chi connectivity index (χ1v) is 13.1. The normalized spacial score (nSPS) is 25.8. The molecule has 1 heterocycles. The number of nitrogens with zero attached hydrogens (tertiary/aromatic N) is 1. The van der Waals surface area contributed by atoms with Crippen molar-refractivity contribution >= 4 is 39.9 Å². The second-order valence-electron chi connectivity index (χ2n) is 11.5. The predicted octanol–water partition coefficient (Wildman–Crippen LogP) is 7.37. The van der Waals surface area contributed by atoms with E-state index < -0.39 is 5.97 Å². The number of pyridine rings is 1. The van der Waals surface area contributed by atoms with Crippen LogP contribution in [0.3, 0.4) is 0 Å². The number of hydrogen-bond donors (Lipinski definition) is 2.